The van der Waals surface area contributed by atoms with Crippen LogP contribution in [0, 0.1) is 0 Å². The molecule has 0 aliphatic heterocycles. The molecule has 1 aromatic rings. The Morgan fingerprint density at radius 3 is 2.23 bits per heavy atom. The van der Waals surface area contributed by atoms with E-state index in [9.17, 15) is 14.7 Å². The van der Waals surface area contributed by atoms with E-state index in [0.29, 0.717) is 11.4 Å². The van der Waals surface area contributed by atoms with Gasteiger partial charge in [0.05, 0.1) is 27.0 Å². The fourth-order valence-corrected chi connectivity index (χ4v) is 1.36. The van der Waals surface area contributed by atoms with Crippen molar-refractivity contribution in [2.45, 2.75) is 6.42 Å². The minimum atomic E-state index is -0.918. The number of hydrogen-bond acceptors (Lipinski definition) is 8. The van der Waals surface area contributed by atoms with Gasteiger partial charge in [-0.05, 0) is 24.3 Å². The van der Waals surface area contributed by atoms with Gasteiger partial charge in [-0.3, -0.25) is 4.79 Å². The van der Waals surface area contributed by atoms with Crippen LogP contribution in [-0.2, 0) is 19.1 Å². The van der Waals surface area contributed by atoms with Crippen LogP contribution < -0.4 is 4.74 Å². The van der Waals surface area contributed by atoms with Crippen molar-refractivity contribution >= 4 is 17.6 Å². The first-order valence-corrected chi connectivity index (χ1v) is 6.14. The number of carbonyl (C=O) groups excluding carboxylic acids is 2. The standard InChI is InChI=1S/C14H16N2O6/c1-20-10-6-4-9(5-7-10)15-16-13(14(19)22-3)11(17)8-12(18)21-2/h4-7,17H,8H2,1-3H3/b13-11+,16-15?. The number of benzene rings is 1. The maximum Gasteiger partial charge on any atom is 0.362 e. The third kappa shape index (κ3) is 4.89. The Morgan fingerprint density at radius 2 is 1.73 bits per heavy atom. The van der Waals surface area contributed by atoms with E-state index in [1.165, 1.54) is 7.11 Å². The molecule has 1 rings (SSSR count). The zero-order valence-electron chi connectivity index (χ0n) is 12.4. The number of rotatable bonds is 6. The summed E-state index contributed by atoms with van der Waals surface area (Å²) in [5.41, 5.74) is -0.0446. The summed E-state index contributed by atoms with van der Waals surface area (Å²) in [5, 5.41) is 17.2. The maximum atomic E-state index is 11.6. The van der Waals surface area contributed by atoms with Crippen LogP contribution in [0.3, 0.4) is 0 Å². The third-order valence-corrected chi connectivity index (χ3v) is 2.53. The minimum Gasteiger partial charge on any atom is -0.509 e. The molecule has 0 unspecified atom stereocenters. The molecule has 118 valence electrons. The zero-order chi connectivity index (χ0) is 16.5. The molecule has 0 spiro atoms. The smallest absolute Gasteiger partial charge is 0.362 e. The number of methoxy groups -OCH3 is 3. The second-order valence-electron chi connectivity index (χ2n) is 3.94. The predicted molar refractivity (Wildman–Crippen MR) is 75.8 cm³/mol. The summed E-state index contributed by atoms with van der Waals surface area (Å²) >= 11 is 0. The Labute approximate surface area is 127 Å². The lowest BCUT2D eigenvalue weighted by atomic mass is 10.3. The van der Waals surface area contributed by atoms with E-state index >= 15 is 0 Å². The Kier molecular flexibility index (Phi) is 6.55. The second kappa shape index (κ2) is 8.40. The lowest BCUT2D eigenvalue weighted by Gasteiger charge is -2.03. The molecule has 0 heterocycles. The number of azo groups is 1. The molecule has 0 radical (unpaired) electrons. The second-order valence-corrected chi connectivity index (χ2v) is 3.94. The van der Waals surface area contributed by atoms with E-state index < -0.39 is 29.8 Å². The summed E-state index contributed by atoms with van der Waals surface area (Å²) in [7, 11) is 3.81. The number of aliphatic hydroxyl groups excluding tert-OH is 1. The average molecular weight is 308 g/mol. The van der Waals surface area contributed by atoms with Gasteiger partial charge in [0.25, 0.3) is 0 Å². The van der Waals surface area contributed by atoms with Gasteiger partial charge in [0.15, 0.2) is 0 Å². The normalized spacial score (nSPS) is 11.8. The quantitative estimate of drug-likeness (QED) is 0.374. The first kappa shape index (κ1) is 17.2. The van der Waals surface area contributed by atoms with Crippen LogP contribution in [0.1, 0.15) is 6.42 Å². The lowest BCUT2D eigenvalue weighted by molar-refractivity contribution is -0.140. The summed E-state index contributed by atoms with van der Waals surface area (Å²) < 4.78 is 13.9. The molecule has 0 amide bonds. The van der Waals surface area contributed by atoms with Crippen LogP contribution in [0.2, 0.25) is 0 Å². The Bertz CT molecular complexity index is 592. The van der Waals surface area contributed by atoms with E-state index in [-0.39, 0.29) is 0 Å². The Hall–Kier alpha value is -2.90. The van der Waals surface area contributed by atoms with Gasteiger partial charge in [-0.2, -0.15) is 5.11 Å². The summed E-state index contributed by atoms with van der Waals surface area (Å²) in [5.74, 6) is -1.59. The van der Waals surface area contributed by atoms with E-state index in [4.69, 9.17) is 4.74 Å². The van der Waals surface area contributed by atoms with E-state index in [2.05, 4.69) is 19.7 Å². The highest BCUT2D eigenvalue weighted by atomic mass is 16.5. The van der Waals surface area contributed by atoms with Gasteiger partial charge in [0.2, 0.25) is 5.70 Å². The molecule has 0 aliphatic rings. The highest BCUT2D eigenvalue weighted by Gasteiger charge is 2.18. The van der Waals surface area contributed by atoms with Gasteiger partial charge in [-0.25, -0.2) is 4.79 Å². The molecule has 0 atom stereocenters. The summed E-state index contributed by atoms with van der Waals surface area (Å²) in [6.45, 7) is 0. The highest BCUT2D eigenvalue weighted by Crippen LogP contribution is 2.20. The largest absolute Gasteiger partial charge is 0.509 e. The van der Waals surface area contributed by atoms with Gasteiger partial charge in [-0.15, -0.1) is 5.11 Å². The van der Waals surface area contributed by atoms with Crippen molar-refractivity contribution in [3.63, 3.8) is 0 Å². The fraction of sp³-hybridized carbons (Fsp3) is 0.286. The monoisotopic (exact) mass is 308 g/mol. The van der Waals surface area contributed by atoms with Crippen molar-refractivity contribution in [1.82, 2.24) is 0 Å². The summed E-state index contributed by atoms with van der Waals surface area (Å²) in [4.78, 5) is 22.7. The van der Waals surface area contributed by atoms with Crippen molar-refractivity contribution in [2.24, 2.45) is 10.2 Å². The van der Waals surface area contributed by atoms with Gasteiger partial charge in [0.1, 0.15) is 17.9 Å². The molecule has 0 fully saturated rings. The van der Waals surface area contributed by atoms with E-state index in [1.54, 1.807) is 24.3 Å². The number of carbonyl (C=O) groups is 2. The number of ether oxygens (including phenoxy) is 3. The number of esters is 2. The fourth-order valence-electron chi connectivity index (χ4n) is 1.36. The van der Waals surface area contributed by atoms with Crippen LogP contribution in [-0.4, -0.2) is 38.4 Å². The molecule has 0 saturated heterocycles. The maximum absolute atomic E-state index is 11.6. The molecule has 0 bridgehead atoms. The van der Waals surface area contributed by atoms with Crippen LogP contribution in [0.5, 0.6) is 5.75 Å². The molecule has 8 nitrogen and oxygen atoms in total. The van der Waals surface area contributed by atoms with Gasteiger partial charge in [-0.1, -0.05) is 0 Å². The van der Waals surface area contributed by atoms with E-state index in [1.807, 2.05) is 0 Å². The zero-order valence-corrected chi connectivity index (χ0v) is 12.4. The molecule has 0 aromatic heterocycles. The van der Waals surface area contributed by atoms with Crippen molar-refractivity contribution in [3.8, 4) is 5.75 Å². The van der Waals surface area contributed by atoms with Crippen LogP contribution in [0.4, 0.5) is 5.69 Å². The van der Waals surface area contributed by atoms with Crippen LogP contribution >= 0.6 is 0 Å². The van der Waals surface area contributed by atoms with Gasteiger partial charge >= 0.3 is 11.9 Å². The molecule has 1 aromatic carbocycles. The SMILES string of the molecule is COC(=O)C/C(O)=C(\N=Nc1ccc(OC)cc1)C(=O)OC. The molecular weight excluding hydrogens is 292 g/mol. The predicted octanol–water partition coefficient (Wildman–Crippen LogP) is 2.28. The van der Waals surface area contributed by atoms with Crippen molar-refractivity contribution in [1.29, 1.82) is 0 Å². The molecule has 0 saturated carbocycles. The first-order valence-electron chi connectivity index (χ1n) is 6.14. The number of hydrogen-bond donors (Lipinski definition) is 1. The molecule has 8 heteroatoms. The van der Waals surface area contributed by atoms with Crippen molar-refractivity contribution in [3.05, 3.63) is 35.7 Å². The lowest BCUT2D eigenvalue weighted by Crippen LogP contribution is -2.09. The molecule has 22 heavy (non-hydrogen) atoms. The van der Waals surface area contributed by atoms with Crippen LogP contribution in [0.15, 0.2) is 46.0 Å². The Morgan fingerprint density at radius 1 is 1.09 bits per heavy atom. The van der Waals surface area contributed by atoms with Crippen molar-refractivity contribution in [2.75, 3.05) is 21.3 Å². The van der Waals surface area contributed by atoms with Crippen LogP contribution in [0.25, 0.3) is 0 Å². The topological polar surface area (TPSA) is 107 Å². The van der Waals surface area contributed by atoms with Crippen molar-refractivity contribution < 1.29 is 28.9 Å². The summed E-state index contributed by atoms with van der Waals surface area (Å²) in [6, 6.07) is 6.53. The van der Waals surface area contributed by atoms with E-state index in [0.717, 1.165) is 14.2 Å². The Balaban J connectivity index is 3.01. The minimum absolute atomic E-state index is 0.424. The van der Waals surface area contributed by atoms with Gasteiger partial charge in [0, 0.05) is 0 Å². The molecule has 1 N–H and O–H groups in total. The number of nitrogens with zero attached hydrogens (tertiary/aromatic N) is 2. The highest BCUT2D eigenvalue weighted by molar-refractivity contribution is 5.89. The number of aliphatic hydroxyl groups is 1. The first-order chi connectivity index (χ1) is 10.5. The van der Waals surface area contributed by atoms with Gasteiger partial charge < -0.3 is 19.3 Å². The average Bonchev–Trinajstić information content (AvgIpc) is 2.55. The molecule has 0 aliphatic carbocycles. The summed E-state index contributed by atoms with van der Waals surface area (Å²) in [6.07, 6.45) is -0.511. The molecular formula is C14H16N2O6. The third-order valence-electron chi connectivity index (χ3n) is 2.53.